The minimum atomic E-state index is -3.66. The summed E-state index contributed by atoms with van der Waals surface area (Å²) in [7, 11) is -2.12. The van der Waals surface area contributed by atoms with E-state index < -0.39 is 10.0 Å². The summed E-state index contributed by atoms with van der Waals surface area (Å²) < 4.78 is 38.5. The molecule has 31 heavy (non-hydrogen) atoms. The minimum absolute atomic E-state index is 0.0335. The molecular formula is C22H29N3O5S. The minimum Gasteiger partial charge on any atom is -0.495 e. The Kier molecular flexibility index (Phi) is 7.40. The molecule has 1 saturated heterocycles. The van der Waals surface area contributed by atoms with Crippen molar-refractivity contribution < 1.29 is 22.7 Å². The molecule has 1 amide bonds. The quantitative estimate of drug-likeness (QED) is 0.613. The third-order valence-corrected chi connectivity index (χ3v) is 6.93. The van der Waals surface area contributed by atoms with Crippen molar-refractivity contribution in [1.29, 1.82) is 0 Å². The number of carbonyl (C=O) groups is 1. The summed E-state index contributed by atoms with van der Waals surface area (Å²) in [6.45, 7) is 5.07. The average molecular weight is 448 g/mol. The molecular weight excluding hydrogens is 418 g/mol. The Labute approximate surface area is 183 Å². The standard InChI is InChI=1S/C22H29N3O5S/c1-4-30-20-10-8-17(14-21(20)31(27,28)25-11-5-6-12-25)23-15-22(26)24-18-13-16(2)7-9-19(18)29-3/h7-10,13-14,23H,4-6,11-12,15H2,1-3H3,(H,24,26). The zero-order chi connectivity index (χ0) is 22.4. The Balaban J connectivity index is 1.75. The number of aryl methyl sites for hydroxylation is 1. The second-order valence-corrected chi connectivity index (χ2v) is 9.22. The van der Waals surface area contributed by atoms with Crippen molar-refractivity contribution in [2.45, 2.75) is 31.6 Å². The molecule has 168 valence electrons. The molecule has 0 spiro atoms. The first kappa shape index (κ1) is 22.9. The van der Waals surface area contributed by atoms with Crippen molar-refractivity contribution in [3.8, 4) is 11.5 Å². The number of amides is 1. The van der Waals surface area contributed by atoms with Crippen LogP contribution in [0.4, 0.5) is 11.4 Å². The van der Waals surface area contributed by atoms with Crippen LogP contribution < -0.4 is 20.1 Å². The first-order chi connectivity index (χ1) is 14.8. The van der Waals surface area contributed by atoms with Crippen LogP contribution in [0.3, 0.4) is 0 Å². The van der Waals surface area contributed by atoms with E-state index in [4.69, 9.17) is 9.47 Å². The fourth-order valence-electron chi connectivity index (χ4n) is 3.46. The van der Waals surface area contributed by atoms with Crippen LogP contribution in [0.2, 0.25) is 0 Å². The van der Waals surface area contributed by atoms with E-state index in [1.807, 2.05) is 26.0 Å². The van der Waals surface area contributed by atoms with Gasteiger partial charge in [-0.3, -0.25) is 4.79 Å². The SMILES string of the molecule is CCOc1ccc(NCC(=O)Nc2cc(C)ccc2OC)cc1S(=O)(=O)N1CCCC1. The molecule has 8 nitrogen and oxygen atoms in total. The molecule has 0 aliphatic carbocycles. The van der Waals surface area contributed by atoms with E-state index in [2.05, 4.69) is 10.6 Å². The predicted molar refractivity (Wildman–Crippen MR) is 120 cm³/mol. The van der Waals surface area contributed by atoms with Crippen LogP contribution in [-0.2, 0) is 14.8 Å². The number of nitrogens with one attached hydrogen (secondary N) is 2. The number of hydrogen-bond acceptors (Lipinski definition) is 6. The number of carbonyl (C=O) groups excluding carboxylic acids is 1. The maximum absolute atomic E-state index is 13.1. The molecule has 1 aliphatic heterocycles. The fourth-order valence-corrected chi connectivity index (χ4v) is 5.13. The van der Waals surface area contributed by atoms with Gasteiger partial charge in [0.25, 0.3) is 0 Å². The molecule has 1 aliphatic rings. The highest BCUT2D eigenvalue weighted by Crippen LogP contribution is 2.31. The second-order valence-electron chi connectivity index (χ2n) is 7.31. The summed E-state index contributed by atoms with van der Waals surface area (Å²) in [6.07, 6.45) is 1.70. The molecule has 0 bridgehead atoms. The van der Waals surface area contributed by atoms with Gasteiger partial charge in [0.05, 0.1) is 25.9 Å². The van der Waals surface area contributed by atoms with E-state index in [1.165, 1.54) is 10.4 Å². The highest BCUT2D eigenvalue weighted by Gasteiger charge is 2.30. The summed E-state index contributed by atoms with van der Waals surface area (Å²) in [5, 5.41) is 5.81. The monoisotopic (exact) mass is 447 g/mol. The van der Waals surface area contributed by atoms with Gasteiger partial charge in [-0.2, -0.15) is 4.31 Å². The zero-order valence-corrected chi connectivity index (χ0v) is 18.9. The second kappa shape index (κ2) is 10.0. The van der Waals surface area contributed by atoms with Gasteiger partial charge in [0.1, 0.15) is 16.4 Å². The molecule has 0 aromatic heterocycles. The fraction of sp³-hybridized carbons (Fsp3) is 0.409. The lowest BCUT2D eigenvalue weighted by atomic mass is 10.2. The Morgan fingerprint density at radius 2 is 1.81 bits per heavy atom. The van der Waals surface area contributed by atoms with E-state index in [-0.39, 0.29) is 17.3 Å². The van der Waals surface area contributed by atoms with Gasteiger partial charge in [-0.05, 0) is 62.6 Å². The number of rotatable bonds is 9. The number of anilines is 2. The molecule has 2 aromatic rings. The van der Waals surface area contributed by atoms with Crippen molar-refractivity contribution in [2.24, 2.45) is 0 Å². The Morgan fingerprint density at radius 3 is 2.48 bits per heavy atom. The van der Waals surface area contributed by atoms with Crippen molar-refractivity contribution in [3.63, 3.8) is 0 Å². The van der Waals surface area contributed by atoms with Gasteiger partial charge in [-0.1, -0.05) is 6.07 Å². The van der Waals surface area contributed by atoms with Crippen molar-refractivity contribution >= 4 is 27.3 Å². The molecule has 9 heteroatoms. The number of hydrogen-bond donors (Lipinski definition) is 2. The van der Waals surface area contributed by atoms with Crippen LogP contribution in [0.15, 0.2) is 41.3 Å². The number of ether oxygens (including phenoxy) is 2. The maximum atomic E-state index is 13.1. The predicted octanol–water partition coefficient (Wildman–Crippen LogP) is 3.24. The van der Waals surface area contributed by atoms with Crippen molar-refractivity contribution in [1.82, 2.24) is 4.31 Å². The number of sulfonamides is 1. The first-order valence-corrected chi connectivity index (χ1v) is 11.7. The number of benzene rings is 2. The topological polar surface area (TPSA) is 97.0 Å². The zero-order valence-electron chi connectivity index (χ0n) is 18.1. The van der Waals surface area contributed by atoms with Gasteiger partial charge < -0.3 is 20.1 Å². The largest absolute Gasteiger partial charge is 0.495 e. The highest BCUT2D eigenvalue weighted by molar-refractivity contribution is 7.89. The molecule has 0 radical (unpaired) electrons. The van der Waals surface area contributed by atoms with E-state index in [0.717, 1.165) is 18.4 Å². The van der Waals surface area contributed by atoms with Gasteiger partial charge in [-0.15, -0.1) is 0 Å². The van der Waals surface area contributed by atoms with Crippen LogP contribution in [0.5, 0.6) is 11.5 Å². The van der Waals surface area contributed by atoms with Gasteiger partial charge in [0.15, 0.2) is 0 Å². The summed E-state index contributed by atoms with van der Waals surface area (Å²) in [6, 6.07) is 10.4. The van der Waals surface area contributed by atoms with E-state index in [0.29, 0.717) is 42.6 Å². The average Bonchev–Trinajstić information content (AvgIpc) is 3.29. The summed E-state index contributed by atoms with van der Waals surface area (Å²) in [5.74, 6) is 0.606. The lowest BCUT2D eigenvalue weighted by Crippen LogP contribution is -2.28. The Hall–Kier alpha value is -2.78. The van der Waals surface area contributed by atoms with Crippen molar-refractivity contribution in [2.75, 3.05) is 44.0 Å². The number of nitrogens with zero attached hydrogens (tertiary/aromatic N) is 1. The molecule has 0 atom stereocenters. The molecule has 0 unspecified atom stereocenters. The molecule has 0 saturated carbocycles. The third kappa shape index (κ3) is 5.48. The van der Waals surface area contributed by atoms with Crippen molar-refractivity contribution in [3.05, 3.63) is 42.0 Å². The van der Waals surface area contributed by atoms with Crippen LogP contribution in [0.25, 0.3) is 0 Å². The third-order valence-electron chi connectivity index (χ3n) is 5.01. The smallest absolute Gasteiger partial charge is 0.246 e. The van der Waals surface area contributed by atoms with Gasteiger partial charge in [0, 0.05) is 18.8 Å². The normalized spacial score (nSPS) is 14.3. The molecule has 1 heterocycles. The lowest BCUT2D eigenvalue weighted by Gasteiger charge is -2.19. The summed E-state index contributed by atoms with van der Waals surface area (Å²) in [4.78, 5) is 12.6. The summed E-state index contributed by atoms with van der Waals surface area (Å²) in [5.41, 5.74) is 2.10. The Bertz CT molecular complexity index is 1030. The van der Waals surface area contributed by atoms with Crippen LogP contribution in [0.1, 0.15) is 25.3 Å². The van der Waals surface area contributed by atoms with Crippen LogP contribution >= 0.6 is 0 Å². The van der Waals surface area contributed by atoms with E-state index in [9.17, 15) is 13.2 Å². The number of methoxy groups -OCH3 is 1. The highest BCUT2D eigenvalue weighted by atomic mass is 32.2. The maximum Gasteiger partial charge on any atom is 0.246 e. The first-order valence-electron chi connectivity index (χ1n) is 10.3. The van der Waals surface area contributed by atoms with Gasteiger partial charge >= 0.3 is 0 Å². The molecule has 2 N–H and O–H groups in total. The van der Waals surface area contributed by atoms with Crippen LogP contribution in [0, 0.1) is 6.92 Å². The van der Waals surface area contributed by atoms with E-state index in [1.54, 1.807) is 25.3 Å². The van der Waals surface area contributed by atoms with Crippen LogP contribution in [-0.4, -0.2) is 52.0 Å². The van der Waals surface area contributed by atoms with Gasteiger partial charge in [0.2, 0.25) is 15.9 Å². The van der Waals surface area contributed by atoms with E-state index >= 15 is 0 Å². The Morgan fingerprint density at radius 1 is 1.10 bits per heavy atom. The van der Waals surface area contributed by atoms with Gasteiger partial charge in [-0.25, -0.2) is 8.42 Å². The molecule has 3 rings (SSSR count). The molecule has 1 fully saturated rings. The summed E-state index contributed by atoms with van der Waals surface area (Å²) >= 11 is 0. The molecule has 2 aromatic carbocycles. The lowest BCUT2D eigenvalue weighted by molar-refractivity contribution is -0.114.